The first-order valence-corrected chi connectivity index (χ1v) is 10.8. The number of pyridine rings is 1. The highest BCUT2D eigenvalue weighted by molar-refractivity contribution is 7.99. The van der Waals surface area contributed by atoms with Gasteiger partial charge in [0, 0.05) is 17.3 Å². The van der Waals surface area contributed by atoms with Gasteiger partial charge in [-0.05, 0) is 29.8 Å². The molecule has 0 saturated heterocycles. The molecule has 0 spiro atoms. The second-order valence-electron chi connectivity index (χ2n) is 7.05. The molecule has 0 aliphatic carbocycles. The molecule has 0 fully saturated rings. The van der Waals surface area contributed by atoms with Gasteiger partial charge in [0.1, 0.15) is 17.1 Å². The molecule has 166 valence electrons. The normalized spacial score (nSPS) is 11.2. The maximum Gasteiger partial charge on any atom is 0.306 e. The summed E-state index contributed by atoms with van der Waals surface area (Å²) in [6.45, 7) is 0.216. The summed E-state index contributed by atoms with van der Waals surface area (Å²) < 4.78 is 25.4. The number of rotatable bonds is 7. The topological polar surface area (TPSA) is 93.8 Å². The van der Waals surface area contributed by atoms with E-state index in [9.17, 15) is 19.4 Å². The number of thioether (sulfide) groups is 1. The van der Waals surface area contributed by atoms with Crippen molar-refractivity contribution in [1.29, 1.82) is 0 Å². The number of hydrogen-bond acceptors (Lipinski definition) is 7. The number of esters is 1. The zero-order chi connectivity index (χ0) is 22.8. The van der Waals surface area contributed by atoms with Crippen molar-refractivity contribution in [3.05, 3.63) is 54.0 Å². The maximum absolute atomic E-state index is 13.4. The maximum atomic E-state index is 13.4. The first kappa shape index (κ1) is 21.8. The standard InChI is InChI=1S/C23H21FN2O5S/c1-30-16(27)9-11-32-23-18-17(20(28)19-15(21(18)31-2)4-3-10-25-19)22(29)26(23)12-13-5-7-14(24)8-6-13/h3-8,10,28-29H,9,11-12H2,1-2H3. The molecule has 9 heteroatoms. The van der Waals surface area contributed by atoms with Crippen molar-refractivity contribution in [2.24, 2.45) is 0 Å². The third-order valence-corrected chi connectivity index (χ3v) is 6.27. The number of phenols is 1. The number of phenolic OH excluding ortho intramolecular Hbond substituents is 1. The SMILES string of the molecule is COC(=O)CCSc1c2c(OC)c3cccnc3c(O)c2c(O)n1Cc1ccc(F)cc1. The summed E-state index contributed by atoms with van der Waals surface area (Å²) in [5, 5.41) is 24.0. The lowest BCUT2D eigenvalue weighted by Gasteiger charge is -2.12. The van der Waals surface area contributed by atoms with Crippen molar-refractivity contribution in [1.82, 2.24) is 9.55 Å². The third-order valence-electron chi connectivity index (χ3n) is 5.16. The highest BCUT2D eigenvalue weighted by Gasteiger charge is 2.27. The van der Waals surface area contributed by atoms with E-state index in [0.29, 0.717) is 32.8 Å². The molecule has 0 saturated carbocycles. The lowest BCUT2D eigenvalue weighted by atomic mass is 10.1. The number of aromatic nitrogens is 2. The molecule has 0 aliphatic rings. The summed E-state index contributed by atoms with van der Waals surface area (Å²) in [6.07, 6.45) is 1.71. The first-order valence-electron chi connectivity index (χ1n) is 9.79. The number of halogens is 1. The number of benzene rings is 2. The Labute approximate surface area is 187 Å². The van der Waals surface area contributed by atoms with Crippen LogP contribution in [-0.2, 0) is 16.1 Å². The fourth-order valence-electron chi connectivity index (χ4n) is 3.66. The van der Waals surface area contributed by atoms with Crippen LogP contribution >= 0.6 is 11.8 Å². The number of fused-ring (bicyclic) bond motifs is 2. The fraction of sp³-hybridized carbons (Fsp3) is 0.217. The molecule has 7 nitrogen and oxygen atoms in total. The summed E-state index contributed by atoms with van der Waals surface area (Å²) in [4.78, 5) is 15.9. The number of nitrogens with zero attached hydrogens (tertiary/aromatic N) is 2. The van der Waals surface area contributed by atoms with Gasteiger partial charge in [0.25, 0.3) is 0 Å². The Balaban J connectivity index is 1.95. The fourth-order valence-corrected chi connectivity index (χ4v) is 4.77. The van der Waals surface area contributed by atoms with Crippen LogP contribution in [-0.4, -0.2) is 45.7 Å². The minimum atomic E-state index is -0.361. The summed E-state index contributed by atoms with van der Waals surface area (Å²) in [5.74, 6) is -0.222. The molecule has 2 aromatic carbocycles. The van der Waals surface area contributed by atoms with Crippen molar-refractivity contribution in [3.63, 3.8) is 0 Å². The quantitative estimate of drug-likeness (QED) is 0.313. The Hall–Kier alpha value is -3.46. The third kappa shape index (κ3) is 3.80. The van der Waals surface area contributed by atoms with Crippen molar-refractivity contribution in [2.75, 3.05) is 20.0 Å². The smallest absolute Gasteiger partial charge is 0.306 e. The molecule has 2 N–H and O–H groups in total. The Morgan fingerprint density at radius 2 is 1.91 bits per heavy atom. The van der Waals surface area contributed by atoms with Gasteiger partial charge in [-0.2, -0.15) is 0 Å². The average Bonchev–Trinajstić information content (AvgIpc) is 3.07. The van der Waals surface area contributed by atoms with Crippen LogP contribution < -0.4 is 4.74 Å². The zero-order valence-electron chi connectivity index (χ0n) is 17.5. The van der Waals surface area contributed by atoms with Crippen molar-refractivity contribution in [2.45, 2.75) is 18.0 Å². The molecule has 4 aromatic rings. The zero-order valence-corrected chi connectivity index (χ0v) is 18.3. The first-order chi connectivity index (χ1) is 15.5. The molecule has 0 amide bonds. The minimum Gasteiger partial charge on any atom is -0.505 e. The van der Waals surface area contributed by atoms with Gasteiger partial charge < -0.3 is 24.3 Å². The van der Waals surface area contributed by atoms with E-state index < -0.39 is 0 Å². The van der Waals surface area contributed by atoms with Gasteiger partial charge >= 0.3 is 5.97 Å². The summed E-state index contributed by atoms with van der Waals surface area (Å²) >= 11 is 1.33. The van der Waals surface area contributed by atoms with Crippen LogP contribution in [0.5, 0.6) is 17.4 Å². The van der Waals surface area contributed by atoms with Crippen LogP contribution in [0.3, 0.4) is 0 Å². The molecular weight excluding hydrogens is 435 g/mol. The van der Waals surface area contributed by atoms with Gasteiger partial charge in [-0.3, -0.25) is 9.78 Å². The van der Waals surface area contributed by atoms with Crippen LogP contribution in [0.15, 0.2) is 47.6 Å². The number of carbonyl (C=O) groups is 1. The molecule has 0 atom stereocenters. The molecular formula is C23H21FN2O5S. The van der Waals surface area contributed by atoms with Crippen LogP contribution in [0.1, 0.15) is 12.0 Å². The monoisotopic (exact) mass is 456 g/mol. The highest BCUT2D eigenvalue weighted by atomic mass is 32.2. The number of aromatic hydroxyl groups is 2. The molecule has 0 bridgehead atoms. The number of methoxy groups -OCH3 is 2. The molecule has 0 radical (unpaired) electrons. The highest BCUT2D eigenvalue weighted by Crippen LogP contribution is 2.50. The van der Waals surface area contributed by atoms with Gasteiger partial charge in [0.05, 0.1) is 43.0 Å². The average molecular weight is 456 g/mol. The van der Waals surface area contributed by atoms with E-state index in [4.69, 9.17) is 9.47 Å². The van der Waals surface area contributed by atoms with Crippen molar-refractivity contribution in [3.8, 4) is 17.4 Å². The largest absolute Gasteiger partial charge is 0.505 e. The Morgan fingerprint density at radius 1 is 1.16 bits per heavy atom. The van der Waals surface area contributed by atoms with Gasteiger partial charge in [0.2, 0.25) is 5.88 Å². The molecule has 2 aromatic heterocycles. The number of hydrogen-bond donors (Lipinski definition) is 2. The van der Waals surface area contributed by atoms with Gasteiger partial charge in [-0.1, -0.05) is 12.1 Å². The van der Waals surface area contributed by atoms with Crippen molar-refractivity contribution >= 4 is 39.4 Å². The molecule has 2 heterocycles. The Kier molecular flexibility index (Phi) is 6.09. The van der Waals surface area contributed by atoms with E-state index in [1.807, 2.05) is 0 Å². The second kappa shape index (κ2) is 8.96. The molecule has 4 rings (SSSR count). The molecule has 0 aliphatic heterocycles. The minimum absolute atomic E-state index is 0.161. The van der Waals surface area contributed by atoms with E-state index in [1.54, 1.807) is 35.0 Å². The van der Waals surface area contributed by atoms with Crippen LogP contribution in [0, 0.1) is 5.82 Å². The van der Waals surface area contributed by atoms with E-state index >= 15 is 0 Å². The number of carbonyl (C=O) groups excluding carboxylic acids is 1. The van der Waals surface area contributed by atoms with Crippen LogP contribution in [0.4, 0.5) is 4.39 Å². The van der Waals surface area contributed by atoms with Crippen LogP contribution in [0.2, 0.25) is 0 Å². The van der Waals surface area contributed by atoms with E-state index in [2.05, 4.69) is 4.98 Å². The van der Waals surface area contributed by atoms with Gasteiger partial charge in [0.15, 0.2) is 5.75 Å². The van der Waals surface area contributed by atoms with Crippen LogP contribution in [0.25, 0.3) is 21.7 Å². The lowest BCUT2D eigenvalue weighted by Crippen LogP contribution is -2.04. The van der Waals surface area contributed by atoms with E-state index in [1.165, 1.54) is 38.1 Å². The Bertz CT molecular complexity index is 1300. The summed E-state index contributed by atoms with van der Waals surface area (Å²) in [7, 11) is 2.83. The summed E-state index contributed by atoms with van der Waals surface area (Å²) in [5.41, 5.74) is 1.05. The predicted molar refractivity (Wildman–Crippen MR) is 120 cm³/mol. The molecule has 32 heavy (non-hydrogen) atoms. The summed E-state index contributed by atoms with van der Waals surface area (Å²) in [6, 6.07) is 9.44. The van der Waals surface area contributed by atoms with Crippen molar-refractivity contribution < 1.29 is 28.9 Å². The second-order valence-corrected chi connectivity index (χ2v) is 8.13. The predicted octanol–water partition coefficient (Wildman–Crippen LogP) is 4.45. The van der Waals surface area contributed by atoms with Gasteiger partial charge in [-0.15, -0.1) is 11.8 Å². The lowest BCUT2D eigenvalue weighted by molar-refractivity contribution is -0.140. The number of ether oxygens (including phenoxy) is 2. The van der Waals surface area contributed by atoms with E-state index in [-0.39, 0.29) is 41.8 Å². The Morgan fingerprint density at radius 3 is 2.59 bits per heavy atom. The van der Waals surface area contributed by atoms with E-state index in [0.717, 1.165) is 5.56 Å². The molecule has 0 unspecified atom stereocenters. The van der Waals surface area contributed by atoms with Gasteiger partial charge in [-0.25, -0.2) is 4.39 Å².